The van der Waals surface area contributed by atoms with Crippen LogP contribution in [-0.2, 0) is 24.2 Å². The summed E-state index contributed by atoms with van der Waals surface area (Å²) in [5.74, 6) is -3.03. The number of sulfone groups is 1. The Morgan fingerprint density at radius 3 is 2.50 bits per heavy atom. The molecule has 6 atom stereocenters. The van der Waals surface area contributed by atoms with E-state index in [2.05, 4.69) is 0 Å². The largest absolute Gasteiger partial charge is 0.460 e. The van der Waals surface area contributed by atoms with E-state index < -0.39 is 50.8 Å². The first-order chi connectivity index (χ1) is 10.4. The molecule has 1 amide bonds. The van der Waals surface area contributed by atoms with Gasteiger partial charge in [0, 0.05) is 5.92 Å². The molecular weight excluding hydrogens is 306 g/mol. The highest BCUT2D eigenvalue weighted by Gasteiger charge is 2.70. The molecular formula is C15H15NO5S. The van der Waals surface area contributed by atoms with Crippen molar-refractivity contribution in [2.45, 2.75) is 22.7 Å². The summed E-state index contributed by atoms with van der Waals surface area (Å²) in [6, 6.07) is 8.08. The highest BCUT2D eigenvalue weighted by atomic mass is 32.2. The molecule has 2 saturated carbocycles. The molecule has 1 aromatic carbocycles. The maximum absolute atomic E-state index is 12.9. The molecule has 3 fully saturated rings. The Kier molecular flexibility index (Phi) is 2.70. The molecule has 6 nitrogen and oxygen atoms in total. The van der Waals surface area contributed by atoms with E-state index in [4.69, 9.17) is 10.5 Å². The lowest BCUT2D eigenvalue weighted by Crippen LogP contribution is -2.46. The van der Waals surface area contributed by atoms with Gasteiger partial charge < -0.3 is 10.5 Å². The standard InChI is InChI=1S/C15H15NO5S/c16-14(17)10-9-6-8-11(10)15(18)21-12(8)13(9)22(19,20)7-4-2-1-3-5-7/h1-5,8-13H,6H2,(H2,16,17). The zero-order valence-corrected chi connectivity index (χ0v) is 12.4. The van der Waals surface area contributed by atoms with Crippen LogP contribution in [0.1, 0.15) is 6.42 Å². The third-order valence-corrected chi connectivity index (χ3v) is 7.57. The summed E-state index contributed by atoms with van der Waals surface area (Å²) in [5, 5.41) is -0.875. The summed E-state index contributed by atoms with van der Waals surface area (Å²) in [4.78, 5) is 23.9. The number of primary amides is 1. The summed E-state index contributed by atoms with van der Waals surface area (Å²) in [7, 11) is -3.68. The van der Waals surface area contributed by atoms with Gasteiger partial charge in [0.15, 0.2) is 9.84 Å². The molecule has 22 heavy (non-hydrogen) atoms. The van der Waals surface area contributed by atoms with Gasteiger partial charge in [-0.3, -0.25) is 9.59 Å². The van der Waals surface area contributed by atoms with Gasteiger partial charge in [0.2, 0.25) is 5.91 Å². The van der Waals surface area contributed by atoms with E-state index in [1.807, 2.05) is 0 Å². The first-order valence-electron chi connectivity index (χ1n) is 7.21. The minimum Gasteiger partial charge on any atom is -0.460 e. The van der Waals surface area contributed by atoms with E-state index in [0.717, 1.165) is 0 Å². The van der Waals surface area contributed by atoms with Crippen molar-refractivity contribution < 1.29 is 22.7 Å². The predicted octanol–water partition coefficient (Wildman–Crippen LogP) is 0.122. The van der Waals surface area contributed by atoms with Crippen molar-refractivity contribution >= 4 is 21.7 Å². The van der Waals surface area contributed by atoms with Crippen molar-refractivity contribution in [3.63, 3.8) is 0 Å². The number of ether oxygens (including phenoxy) is 1. The summed E-state index contributed by atoms with van der Waals surface area (Å²) < 4.78 is 31.2. The van der Waals surface area contributed by atoms with E-state index in [1.165, 1.54) is 12.1 Å². The maximum atomic E-state index is 12.9. The minimum absolute atomic E-state index is 0.190. The zero-order valence-electron chi connectivity index (χ0n) is 11.6. The number of hydrogen-bond acceptors (Lipinski definition) is 5. The first kappa shape index (κ1) is 13.8. The summed E-state index contributed by atoms with van der Waals surface area (Å²) >= 11 is 0. The summed E-state index contributed by atoms with van der Waals surface area (Å²) in [6.07, 6.45) is -0.144. The summed E-state index contributed by atoms with van der Waals surface area (Å²) in [5.41, 5.74) is 5.43. The summed E-state index contributed by atoms with van der Waals surface area (Å²) in [6.45, 7) is 0. The first-order valence-corrected chi connectivity index (χ1v) is 8.76. The fourth-order valence-corrected chi connectivity index (χ4v) is 6.76. The number of rotatable bonds is 3. The molecule has 3 aliphatic rings. The number of hydrogen-bond donors (Lipinski definition) is 1. The Labute approximate surface area is 127 Å². The number of amides is 1. The monoisotopic (exact) mass is 321 g/mol. The van der Waals surface area contributed by atoms with Crippen LogP contribution >= 0.6 is 0 Å². The lowest BCUT2D eigenvalue weighted by molar-refractivity contribution is -0.145. The van der Waals surface area contributed by atoms with Gasteiger partial charge in [-0.05, 0) is 24.5 Å². The SMILES string of the molecule is NC(=O)C1C2CC3C(OC(=O)C31)C2S(=O)(=O)c1ccccc1. The lowest BCUT2D eigenvalue weighted by atomic mass is 9.79. The van der Waals surface area contributed by atoms with Crippen molar-refractivity contribution in [3.05, 3.63) is 30.3 Å². The molecule has 1 heterocycles. The van der Waals surface area contributed by atoms with Crippen LogP contribution in [0.4, 0.5) is 0 Å². The second-order valence-corrected chi connectivity index (χ2v) is 8.35. The van der Waals surface area contributed by atoms with Crippen LogP contribution in [0.5, 0.6) is 0 Å². The zero-order chi connectivity index (χ0) is 15.6. The molecule has 0 spiro atoms. The van der Waals surface area contributed by atoms with Crippen LogP contribution < -0.4 is 5.73 Å². The smallest absolute Gasteiger partial charge is 0.310 e. The normalized spacial score (nSPS) is 39.0. The quantitative estimate of drug-likeness (QED) is 0.797. The molecule has 1 saturated heterocycles. The predicted molar refractivity (Wildman–Crippen MR) is 75.1 cm³/mol. The molecule has 2 aliphatic carbocycles. The van der Waals surface area contributed by atoms with Crippen molar-refractivity contribution in [3.8, 4) is 0 Å². The third kappa shape index (κ3) is 1.57. The van der Waals surface area contributed by atoms with E-state index in [1.54, 1.807) is 18.2 Å². The van der Waals surface area contributed by atoms with Gasteiger partial charge in [-0.1, -0.05) is 18.2 Å². The van der Waals surface area contributed by atoms with Gasteiger partial charge in [0.05, 0.1) is 16.7 Å². The molecule has 4 rings (SSSR count). The Hall–Kier alpha value is -1.89. The topological polar surface area (TPSA) is 104 Å². The molecule has 2 bridgehead atoms. The minimum atomic E-state index is -3.68. The van der Waals surface area contributed by atoms with Crippen molar-refractivity contribution in [1.29, 1.82) is 0 Å². The third-order valence-electron chi connectivity index (χ3n) is 5.30. The van der Waals surface area contributed by atoms with E-state index in [-0.39, 0.29) is 10.8 Å². The van der Waals surface area contributed by atoms with Crippen molar-refractivity contribution in [2.24, 2.45) is 29.4 Å². The van der Waals surface area contributed by atoms with Crippen molar-refractivity contribution in [1.82, 2.24) is 0 Å². The number of esters is 1. The number of carbonyl (C=O) groups is 2. The Bertz CT molecular complexity index is 759. The fourth-order valence-electron chi connectivity index (χ4n) is 4.55. The number of carbonyl (C=O) groups excluding carboxylic acids is 2. The van der Waals surface area contributed by atoms with Crippen LogP contribution in [0.25, 0.3) is 0 Å². The lowest BCUT2D eigenvalue weighted by Gasteiger charge is -2.29. The van der Waals surface area contributed by atoms with Crippen LogP contribution in [0.2, 0.25) is 0 Å². The average Bonchev–Trinajstić information content (AvgIpc) is 3.08. The van der Waals surface area contributed by atoms with E-state index in [0.29, 0.717) is 6.42 Å². The fraction of sp³-hybridized carbons (Fsp3) is 0.467. The van der Waals surface area contributed by atoms with Crippen LogP contribution in [0.15, 0.2) is 35.2 Å². The van der Waals surface area contributed by atoms with Gasteiger partial charge in [-0.15, -0.1) is 0 Å². The average molecular weight is 321 g/mol. The number of nitrogens with two attached hydrogens (primary N) is 1. The molecule has 7 heteroatoms. The maximum Gasteiger partial charge on any atom is 0.310 e. The van der Waals surface area contributed by atoms with Gasteiger partial charge in [-0.25, -0.2) is 8.42 Å². The van der Waals surface area contributed by atoms with Gasteiger partial charge in [0.25, 0.3) is 0 Å². The second kappa shape index (κ2) is 4.32. The van der Waals surface area contributed by atoms with Crippen LogP contribution in [-0.4, -0.2) is 31.6 Å². The highest BCUT2D eigenvalue weighted by Crippen LogP contribution is 2.60. The molecule has 116 valence electrons. The molecule has 1 aliphatic heterocycles. The molecule has 6 unspecified atom stereocenters. The second-order valence-electron chi connectivity index (χ2n) is 6.24. The molecule has 1 aromatic rings. The Balaban J connectivity index is 1.81. The highest BCUT2D eigenvalue weighted by molar-refractivity contribution is 7.92. The van der Waals surface area contributed by atoms with Crippen LogP contribution in [0.3, 0.4) is 0 Å². The van der Waals surface area contributed by atoms with E-state index in [9.17, 15) is 18.0 Å². The van der Waals surface area contributed by atoms with Crippen molar-refractivity contribution in [2.75, 3.05) is 0 Å². The Morgan fingerprint density at radius 1 is 1.18 bits per heavy atom. The van der Waals surface area contributed by atoms with Gasteiger partial charge in [-0.2, -0.15) is 0 Å². The molecule has 0 radical (unpaired) electrons. The van der Waals surface area contributed by atoms with Gasteiger partial charge >= 0.3 is 5.97 Å². The number of fused-ring (bicyclic) bond motifs is 1. The van der Waals surface area contributed by atoms with Crippen LogP contribution in [0, 0.1) is 23.7 Å². The van der Waals surface area contributed by atoms with Gasteiger partial charge in [0.1, 0.15) is 11.4 Å². The Morgan fingerprint density at radius 2 is 1.86 bits per heavy atom. The molecule has 2 N–H and O–H groups in total. The molecule has 0 aromatic heterocycles. The number of benzene rings is 1. The van der Waals surface area contributed by atoms with E-state index >= 15 is 0 Å².